The van der Waals surface area contributed by atoms with Crippen LogP contribution in [0.4, 0.5) is 5.69 Å². The maximum absolute atomic E-state index is 12.3. The second-order valence-electron chi connectivity index (χ2n) is 5.96. The molecule has 0 unspecified atom stereocenters. The van der Waals surface area contributed by atoms with E-state index in [2.05, 4.69) is 31.1 Å². The standard InChI is InChI=1S/C21H14BrN3O2/c22-16-10-11-18-17(12-16)19(21(27)23-18)24-25-20(26)15-8-6-14(7-9-15)13-4-2-1-3-5-13/h1-12,23,27H. The maximum Gasteiger partial charge on any atom is 0.295 e. The van der Waals surface area contributed by atoms with Gasteiger partial charge in [0.25, 0.3) is 5.91 Å². The minimum atomic E-state index is -0.474. The third-order valence-corrected chi connectivity index (χ3v) is 4.69. The van der Waals surface area contributed by atoms with Crippen LogP contribution in [0.1, 0.15) is 10.4 Å². The Morgan fingerprint density at radius 1 is 0.926 bits per heavy atom. The summed E-state index contributed by atoms with van der Waals surface area (Å²) in [5, 5.41) is 18.4. The molecule has 1 aromatic heterocycles. The fourth-order valence-electron chi connectivity index (χ4n) is 2.83. The number of nitrogens with zero attached hydrogens (tertiary/aromatic N) is 2. The molecule has 2 N–H and O–H groups in total. The van der Waals surface area contributed by atoms with Crippen LogP contribution in [-0.2, 0) is 0 Å². The Kier molecular flexibility index (Phi) is 4.56. The first-order valence-electron chi connectivity index (χ1n) is 8.23. The fourth-order valence-corrected chi connectivity index (χ4v) is 3.19. The van der Waals surface area contributed by atoms with Crippen molar-refractivity contribution in [1.82, 2.24) is 4.98 Å². The summed E-state index contributed by atoms with van der Waals surface area (Å²) in [7, 11) is 0. The average Bonchev–Trinajstić information content (AvgIpc) is 3.01. The van der Waals surface area contributed by atoms with E-state index in [0.29, 0.717) is 16.5 Å². The molecule has 4 rings (SSSR count). The number of benzene rings is 3. The molecule has 0 saturated heterocycles. The molecule has 0 fully saturated rings. The highest BCUT2D eigenvalue weighted by atomic mass is 79.9. The second kappa shape index (κ2) is 7.17. The van der Waals surface area contributed by atoms with E-state index in [1.165, 1.54) is 0 Å². The number of fused-ring (bicyclic) bond motifs is 1. The first-order chi connectivity index (χ1) is 13.1. The molecule has 0 radical (unpaired) electrons. The molecule has 4 aromatic rings. The number of H-pyrrole nitrogens is 1. The molecule has 5 nitrogen and oxygen atoms in total. The van der Waals surface area contributed by atoms with Gasteiger partial charge in [0.2, 0.25) is 5.88 Å². The number of carbonyl (C=O) groups is 1. The fraction of sp³-hybridized carbons (Fsp3) is 0. The van der Waals surface area contributed by atoms with Gasteiger partial charge in [-0.2, -0.15) is 0 Å². The van der Waals surface area contributed by atoms with Crippen molar-refractivity contribution in [2.45, 2.75) is 0 Å². The number of rotatable bonds is 3. The van der Waals surface area contributed by atoms with Crippen molar-refractivity contribution in [2.75, 3.05) is 0 Å². The van der Waals surface area contributed by atoms with Crippen molar-refractivity contribution in [2.24, 2.45) is 10.2 Å². The zero-order valence-electron chi connectivity index (χ0n) is 14.1. The Morgan fingerprint density at radius 2 is 1.63 bits per heavy atom. The van der Waals surface area contributed by atoms with Gasteiger partial charge in [0.15, 0.2) is 5.69 Å². The summed E-state index contributed by atoms with van der Waals surface area (Å²) in [5.74, 6) is -0.600. The van der Waals surface area contributed by atoms with Crippen LogP contribution in [0, 0.1) is 0 Å². The minimum absolute atomic E-state index is 0.126. The summed E-state index contributed by atoms with van der Waals surface area (Å²) in [6.45, 7) is 0. The monoisotopic (exact) mass is 419 g/mol. The Balaban J connectivity index is 1.59. The molecule has 0 spiro atoms. The number of halogens is 1. The molecule has 3 aromatic carbocycles. The molecule has 0 aliphatic carbocycles. The number of aromatic amines is 1. The number of hydrogen-bond donors (Lipinski definition) is 2. The summed E-state index contributed by atoms with van der Waals surface area (Å²) in [5.41, 5.74) is 3.47. The lowest BCUT2D eigenvalue weighted by Gasteiger charge is -2.01. The van der Waals surface area contributed by atoms with Gasteiger partial charge in [-0.25, -0.2) is 0 Å². The second-order valence-corrected chi connectivity index (χ2v) is 6.88. The van der Waals surface area contributed by atoms with Crippen LogP contribution in [0.15, 0.2) is 87.5 Å². The van der Waals surface area contributed by atoms with Gasteiger partial charge < -0.3 is 10.1 Å². The van der Waals surface area contributed by atoms with Crippen LogP contribution in [0.2, 0.25) is 0 Å². The maximum atomic E-state index is 12.3. The van der Waals surface area contributed by atoms with Crippen molar-refractivity contribution >= 4 is 38.4 Å². The molecule has 0 saturated carbocycles. The van der Waals surface area contributed by atoms with Gasteiger partial charge in [-0.15, -0.1) is 10.2 Å². The van der Waals surface area contributed by atoms with Crippen molar-refractivity contribution < 1.29 is 9.90 Å². The smallest absolute Gasteiger partial charge is 0.295 e. The summed E-state index contributed by atoms with van der Waals surface area (Å²) in [6.07, 6.45) is 0. The molecule has 0 aliphatic rings. The molecule has 0 bridgehead atoms. The van der Waals surface area contributed by atoms with Gasteiger partial charge in [0.05, 0.1) is 5.52 Å². The Labute approximate surface area is 163 Å². The predicted molar refractivity (Wildman–Crippen MR) is 108 cm³/mol. The van der Waals surface area contributed by atoms with Gasteiger partial charge in [-0.1, -0.05) is 58.4 Å². The molecule has 27 heavy (non-hydrogen) atoms. The largest absolute Gasteiger partial charge is 0.493 e. The van der Waals surface area contributed by atoms with Gasteiger partial charge in [-0.05, 0) is 41.5 Å². The van der Waals surface area contributed by atoms with Crippen molar-refractivity contribution in [3.05, 3.63) is 82.8 Å². The molecule has 0 aliphatic heterocycles. The predicted octanol–water partition coefficient (Wildman–Crippen LogP) is 6.23. The van der Waals surface area contributed by atoms with Crippen LogP contribution < -0.4 is 0 Å². The van der Waals surface area contributed by atoms with Gasteiger partial charge in [-0.3, -0.25) is 4.79 Å². The number of aromatic hydroxyl groups is 1. The van der Waals surface area contributed by atoms with Crippen LogP contribution >= 0.6 is 15.9 Å². The molecule has 6 heteroatoms. The summed E-state index contributed by atoms with van der Waals surface area (Å²) in [4.78, 5) is 15.2. The van der Waals surface area contributed by atoms with E-state index in [0.717, 1.165) is 15.6 Å². The van der Waals surface area contributed by atoms with Gasteiger partial charge >= 0.3 is 0 Å². The highest BCUT2D eigenvalue weighted by Crippen LogP contribution is 2.36. The lowest BCUT2D eigenvalue weighted by molar-refractivity contribution is 0.0995. The third kappa shape index (κ3) is 3.52. The van der Waals surface area contributed by atoms with E-state index in [9.17, 15) is 9.90 Å². The van der Waals surface area contributed by atoms with E-state index in [1.54, 1.807) is 18.2 Å². The number of carbonyl (C=O) groups excluding carboxylic acids is 1. The van der Waals surface area contributed by atoms with Crippen molar-refractivity contribution in [1.29, 1.82) is 0 Å². The van der Waals surface area contributed by atoms with E-state index < -0.39 is 5.91 Å². The molecule has 132 valence electrons. The van der Waals surface area contributed by atoms with E-state index in [1.807, 2.05) is 54.6 Å². The topological polar surface area (TPSA) is 77.8 Å². The van der Waals surface area contributed by atoms with Gasteiger partial charge in [0.1, 0.15) is 0 Å². The zero-order chi connectivity index (χ0) is 18.8. The number of aromatic nitrogens is 1. The molecule has 0 atom stereocenters. The van der Waals surface area contributed by atoms with Crippen LogP contribution in [0.25, 0.3) is 22.0 Å². The van der Waals surface area contributed by atoms with Crippen LogP contribution in [0.3, 0.4) is 0 Å². The van der Waals surface area contributed by atoms with Crippen LogP contribution in [-0.4, -0.2) is 16.0 Å². The molecule has 1 amide bonds. The highest BCUT2D eigenvalue weighted by molar-refractivity contribution is 9.10. The molecular formula is C21H14BrN3O2. The molecule has 1 heterocycles. The number of azo groups is 1. The quantitative estimate of drug-likeness (QED) is 0.386. The Hall–Kier alpha value is -3.25. The Bertz CT molecular complexity index is 1150. The van der Waals surface area contributed by atoms with E-state index in [4.69, 9.17) is 0 Å². The van der Waals surface area contributed by atoms with Crippen molar-refractivity contribution in [3.8, 4) is 17.0 Å². The third-order valence-electron chi connectivity index (χ3n) is 4.19. The van der Waals surface area contributed by atoms with Gasteiger partial charge in [0, 0.05) is 15.4 Å². The minimum Gasteiger partial charge on any atom is -0.493 e. The SMILES string of the molecule is O=C(N=Nc1c(O)[nH]c2ccc(Br)cc12)c1ccc(-c2ccccc2)cc1. The highest BCUT2D eigenvalue weighted by Gasteiger charge is 2.12. The first-order valence-corrected chi connectivity index (χ1v) is 9.03. The molecular weight excluding hydrogens is 406 g/mol. The zero-order valence-corrected chi connectivity index (χ0v) is 15.6. The number of nitrogens with one attached hydrogen (secondary N) is 1. The van der Waals surface area contributed by atoms with E-state index >= 15 is 0 Å². The lowest BCUT2D eigenvalue weighted by Crippen LogP contribution is -1.93. The average molecular weight is 420 g/mol. The first kappa shape index (κ1) is 17.2. The normalized spacial score (nSPS) is 11.3. The number of hydrogen-bond acceptors (Lipinski definition) is 3. The Morgan fingerprint density at radius 3 is 2.37 bits per heavy atom. The van der Waals surface area contributed by atoms with Crippen LogP contribution in [0.5, 0.6) is 5.88 Å². The summed E-state index contributed by atoms with van der Waals surface area (Å²) in [6, 6.07) is 22.5. The van der Waals surface area contributed by atoms with E-state index in [-0.39, 0.29) is 11.6 Å². The van der Waals surface area contributed by atoms with Crippen molar-refractivity contribution in [3.63, 3.8) is 0 Å². The summed E-state index contributed by atoms with van der Waals surface area (Å²) >= 11 is 3.38. The summed E-state index contributed by atoms with van der Waals surface area (Å²) < 4.78 is 0.841. The number of amides is 1. The lowest BCUT2D eigenvalue weighted by atomic mass is 10.0.